The van der Waals surface area contributed by atoms with Crippen molar-refractivity contribution in [2.75, 3.05) is 0 Å². The normalized spacial score (nSPS) is 21.4. The molecule has 1 aliphatic heterocycles. The summed E-state index contributed by atoms with van der Waals surface area (Å²) in [6, 6.07) is 11.9. The van der Waals surface area contributed by atoms with Gasteiger partial charge in [0.1, 0.15) is 11.4 Å². The van der Waals surface area contributed by atoms with Crippen LogP contribution >= 0.6 is 0 Å². The van der Waals surface area contributed by atoms with E-state index in [1.807, 2.05) is 42.7 Å². The lowest BCUT2D eigenvalue weighted by Gasteiger charge is -2.24. The molecule has 26 heavy (non-hydrogen) atoms. The minimum Gasteiger partial charge on any atom is -0.379 e. The number of benzene rings is 2. The van der Waals surface area contributed by atoms with Gasteiger partial charge in [-0.3, -0.25) is 0 Å². The number of hydrogen-bond donors (Lipinski definition) is 1. The molecule has 0 bridgehead atoms. The highest BCUT2D eigenvalue weighted by Crippen LogP contribution is 2.47. The number of nitrogens with zero attached hydrogens (tertiary/aromatic N) is 3. The van der Waals surface area contributed by atoms with Crippen LogP contribution in [0.3, 0.4) is 0 Å². The summed E-state index contributed by atoms with van der Waals surface area (Å²) in [5.74, 6) is -0.446. The molecule has 0 radical (unpaired) electrons. The lowest BCUT2D eigenvalue weighted by molar-refractivity contribution is 0.0792. The number of aryl methyl sites for hydroxylation is 2. The van der Waals surface area contributed by atoms with Gasteiger partial charge in [0.05, 0.1) is 35.9 Å². The van der Waals surface area contributed by atoms with Gasteiger partial charge in [0.2, 0.25) is 0 Å². The Kier molecular flexibility index (Phi) is 3.67. The molecule has 1 aliphatic rings. The average Bonchev–Trinajstić information content (AvgIpc) is 3.21. The Balaban J connectivity index is 1.83. The van der Waals surface area contributed by atoms with E-state index in [-0.39, 0.29) is 11.6 Å². The number of halogens is 1. The molecule has 0 amide bonds. The Morgan fingerprint density at radius 3 is 2.73 bits per heavy atom. The monoisotopic (exact) mass is 347 g/mol. The van der Waals surface area contributed by atoms with E-state index in [2.05, 4.69) is 4.98 Å². The minimum atomic E-state index is -1.24. The first-order valence-corrected chi connectivity index (χ1v) is 8.46. The van der Waals surface area contributed by atoms with Gasteiger partial charge >= 0.3 is 0 Å². The summed E-state index contributed by atoms with van der Waals surface area (Å²) in [6.45, 7) is 4.03. The molecule has 0 spiro atoms. The van der Waals surface area contributed by atoms with Crippen LogP contribution in [0, 0.1) is 31.0 Å². The third-order valence-electron chi connectivity index (χ3n) is 5.39. The fourth-order valence-electron chi connectivity index (χ4n) is 3.75. The van der Waals surface area contributed by atoms with Gasteiger partial charge in [-0.05, 0) is 42.7 Å². The third kappa shape index (κ3) is 2.34. The van der Waals surface area contributed by atoms with E-state index in [1.165, 1.54) is 6.07 Å². The van der Waals surface area contributed by atoms with Crippen molar-refractivity contribution < 1.29 is 9.50 Å². The van der Waals surface area contributed by atoms with Gasteiger partial charge in [-0.1, -0.05) is 24.3 Å². The number of aliphatic hydroxyl groups is 1. The zero-order chi connectivity index (χ0) is 18.5. The summed E-state index contributed by atoms with van der Waals surface area (Å²) in [7, 11) is 0. The highest BCUT2D eigenvalue weighted by molar-refractivity contribution is 5.43. The molecule has 4 rings (SSSR count). The number of rotatable bonds is 2. The molecular weight excluding hydrogens is 329 g/mol. The number of fused-ring (bicyclic) bond motifs is 1. The second-order valence-electron chi connectivity index (χ2n) is 6.91. The Hall–Kier alpha value is -2.97. The van der Waals surface area contributed by atoms with Gasteiger partial charge in [0.15, 0.2) is 0 Å². The summed E-state index contributed by atoms with van der Waals surface area (Å²) in [4.78, 5) is 4.17. The summed E-state index contributed by atoms with van der Waals surface area (Å²) in [6.07, 6.45) is 3.57. The minimum absolute atomic E-state index is 0.277. The predicted molar refractivity (Wildman–Crippen MR) is 95.0 cm³/mol. The van der Waals surface area contributed by atoms with Gasteiger partial charge in [-0.15, -0.1) is 0 Å². The van der Waals surface area contributed by atoms with Crippen LogP contribution in [0.4, 0.5) is 4.39 Å². The Morgan fingerprint density at radius 1 is 1.23 bits per heavy atom. The van der Waals surface area contributed by atoms with E-state index < -0.39 is 11.4 Å². The quantitative estimate of drug-likeness (QED) is 0.768. The zero-order valence-corrected chi connectivity index (χ0v) is 14.6. The summed E-state index contributed by atoms with van der Waals surface area (Å²) >= 11 is 0. The Morgan fingerprint density at radius 2 is 2.04 bits per heavy atom. The van der Waals surface area contributed by atoms with Crippen LogP contribution in [0.5, 0.6) is 0 Å². The maximum Gasteiger partial charge on any atom is 0.133 e. The highest BCUT2D eigenvalue weighted by Gasteiger charge is 2.45. The second-order valence-corrected chi connectivity index (χ2v) is 6.91. The zero-order valence-electron chi connectivity index (χ0n) is 14.6. The molecule has 0 unspecified atom stereocenters. The molecule has 0 saturated heterocycles. The maximum atomic E-state index is 14.6. The van der Waals surface area contributed by atoms with Crippen molar-refractivity contribution in [3.8, 4) is 6.07 Å². The number of imidazole rings is 1. The lowest BCUT2D eigenvalue weighted by Crippen LogP contribution is -2.24. The van der Waals surface area contributed by atoms with E-state index in [0.29, 0.717) is 17.7 Å². The fourth-order valence-corrected chi connectivity index (χ4v) is 3.75. The van der Waals surface area contributed by atoms with Crippen molar-refractivity contribution >= 4 is 0 Å². The first-order valence-electron chi connectivity index (χ1n) is 8.46. The number of nitriles is 1. The molecule has 2 heterocycles. The van der Waals surface area contributed by atoms with Crippen molar-refractivity contribution in [2.45, 2.75) is 31.9 Å². The average molecular weight is 347 g/mol. The molecule has 0 saturated carbocycles. The van der Waals surface area contributed by atoms with Crippen LogP contribution < -0.4 is 0 Å². The van der Waals surface area contributed by atoms with Crippen LogP contribution in [0.25, 0.3) is 0 Å². The largest absolute Gasteiger partial charge is 0.379 e. The fraction of sp³-hybridized carbons (Fsp3) is 0.238. The Bertz CT molecular complexity index is 1050. The van der Waals surface area contributed by atoms with Gasteiger partial charge in [0.25, 0.3) is 0 Å². The number of aromatic nitrogens is 2. The van der Waals surface area contributed by atoms with E-state index in [9.17, 15) is 9.50 Å². The number of hydrogen-bond acceptors (Lipinski definition) is 3. The molecule has 130 valence electrons. The molecule has 2 atom stereocenters. The molecule has 2 aromatic carbocycles. The molecule has 0 aliphatic carbocycles. The SMILES string of the molecule is Cc1ccc([C@@]2(O)C[C@H](c3ccc(C#N)cc3F)n3cncc32)cc1C. The van der Waals surface area contributed by atoms with Crippen molar-refractivity contribution in [1.29, 1.82) is 5.26 Å². The lowest BCUT2D eigenvalue weighted by atomic mass is 9.85. The van der Waals surface area contributed by atoms with Gasteiger partial charge in [0, 0.05) is 12.0 Å². The second kappa shape index (κ2) is 5.79. The van der Waals surface area contributed by atoms with Crippen molar-refractivity contribution in [2.24, 2.45) is 0 Å². The molecule has 1 aromatic heterocycles. The van der Waals surface area contributed by atoms with Gasteiger partial charge in [-0.2, -0.15) is 5.26 Å². The molecule has 4 nitrogen and oxygen atoms in total. The summed E-state index contributed by atoms with van der Waals surface area (Å²) < 4.78 is 16.4. The van der Waals surface area contributed by atoms with Crippen molar-refractivity contribution in [1.82, 2.24) is 9.55 Å². The van der Waals surface area contributed by atoms with Gasteiger partial charge < -0.3 is 9.67 Å². The standard InChI is InChI=1S/C21H18FN3O/c1-13-3-5-16(7-14(13)2)21(26)9-19(25-12-24-11-20(21)25)17-6-4-15(10-23)8-18(17)22/h3-8,11-12,19,26H,9H2,1-2H3/t19-,21+/m1/s1. The van der Waals surface area contributed by atoms with E-state index in [4.69, 9.17) is 5.26 Å². The van der Waals surface area contributed by atoms with Crippen LogP contribution in [0.15, 0.2) is 48.9 Å². The Labute approximate surface area is 151 Å². The molecule has 0 fully saturated rings. The van der Waals surface area contributed by atoms with Gasteiger partial charge in [-0.25, -0.2) is 9.37 Å². The highest BCUT2D eigenvalue weighted by atomic mass is 19.1. The smallest absolute Gasteiger partial charge is 0.133 e. The first-order chi connectivity index (χ1) is 12.4. The van der Waals surface area contributed by atoms with Crippen LogP contribution in [-0.4, -0.2) is 14.7 Å². The van der Waals surface area contributed by atoms with E-state index >= 15 is 0 Å². The first kappa shape index (κ1) is 16.5. The summed E-state index contributed by atoms with van der Waals surface area (Å²) in [5, 5.41) is 20.5. The van der Waals surface area contributed by atoms with Crippen molar-refractivity contribution in [3.63, 3.8) is 0 Å². The predicted octanol–water partition coefficient (Wildman–Crippen LogP) is 3.74. The van der Waals surface area contributed by atoms with Crippen LogP contribution in [-0.2, 0) is 5.60 Å². The molecular formula is C21H18FN3O. The van der Waals surface area contributed by atoms with E-state index in [1.54, 1.807) is 24.7 Å². The molecule has 3 aromatic rings. The molecule has 5 heteroatoms. The molecule has 1 N–H and O–H groups in total. The topological polar surface area (TPSA) is 61.8 Å². The van der Waals surface area contributed by atoms with Crippen LogP contribution in [0.1, 0.15) is 46.0 Å². The van der Waals surface area contributed by atoms with Crippen LogP contribution in [0.2, 0.25) is 0 Å². The van der Waals surface area contributed by atoms with Crippen molar-refractivity contribution in [3.05, 3.63) is 88.3 Å². The van der Waals surface area contributed by atoms with E-state index in [0.717, 1.165) is 16.7 Å². The summed E-state index contributed by atoms with van der Waals surface area (Å²) in [5.41, 5.74) is 3.16. The maximum absolute atomic E-state index is 14.6. The third-order valence-corrected chi connectivity index (χ3v) is 5.39.